The highest BCUT2D eigenvalue weighted by molar-refractivity contribution is 7.99. The van der Waals surface area contributed by atoms with Crippen molar-refractivity contribution < 1.29 is 0 Å². The number of nitrogens with one attached hydrogen (secondary N) is 2. The second-order valence-electron chi connectivity index (χ2n) is 3.11. The number of aromatic amines is 1. The van der Waals surface area contributed by atoms with Gasteiger partial charge in [0.15, 0.2) is 5.16 Å². The molecule has 16 heavy (non-hydrogen) atoms. The first-order chi connectivity index (χ1) is 7.66. The third-order valence-electron chi connectivity index (χ3n) is 1.88. The Balaban J connectivity index is 2.38. The van der Waals surface area contributed by atoms with Crippen LogP contribution in [0, 0.1) is 12.3 Å². The average molecular weight is 234 g/mol. The van der Waals surface area contributed by atoms with Gasteiger partial charge < -0.3 is 5.73 Å². The number of hydrogen-bond donors (Lipinski definition) is 3. The molecule has 0 amide bonds. The summed E-state index contributed by atoms with van der Waals surface area (Å²) in [7, 11) is 0. The molecule has 7 heteroatoms. The summed E-state index contributed by atoms with van der Waals surface area (Å²) < 4.78 is 0. The van der Waals surface area contributed by atoms with E-state index in [2.05, 4.69) is 20.2 Å². The topological polar surface area (TPSA) is 104 Å². The van der Waals surface area contributed by atoms with Gasteiger partial charge in [-0.3, -0.25) is 10.5 Å². The van der Waals surface area contributed by atoms with E-state index in [1.807, 2.05) is 13.0 Å². The molecular weight excluding hydrogens is 224 g/mol. The molecule has 6 nitrogen and oxygen atoms in total. The Labute approximate surface area is 96.2 Å². The molecule has 2 rings (SSSR count). The minimum Gasteiger partial charge on any atom is -0.384 e. The fourth-order valence-electron chi connectivity index (χ4n) is 1.15. The molecule has 0 saturated carbocycles. The number of pyridine rings is 1. The zero-order valence-corrected chi connectivity index (χ0v) is 9.38. The number of hydrogen-bond acceptors (Lipinski definition) is 5. The van der Waals surface area contributed by atoms with Gasteiger partial charge in [-0.05, 0) is 30.8 Å². The molecule has 2 heterocycles. The minimum absolute atomic E-state index is 0.00508. The monoisotopic (exact) mass is 234 g/mol. The number of rotatable bonds is 3. The van der Waals surface area contributed by atoms with Gasteiger partial charge in [-0.2, -0.15) is 5.10 Å². The summed E-state index contributed by atoms with van der Waals surface area (Å²) in [5, 5.41) is 15.2. The Bertz CT molecular complexity index is 507. The molecule has 0 aromatic carbocycles. The van der Waals surface area contributed by atoms with Crippen molar-refractivity contribution >= 4 is 17.6 Å². The fraction of sp³-hybridized carbons (Fsp3) is 0.111. The molecule has 82 valence electrons. The first-order valence-electron chi connectivity index (χ1n) is 4.52. The third-order valence-corrected chi connectivity index (χ3v) is 2.77. The molecule has 0 unspecified atom stereocenters. The second-order valence-corrected chi connectivity index (χ2v) is 4.09. The number of aromatic nitrogens is 4. The molecule has 0 spiro atoms. The molecule has 0 fully saturated rings. The fourth-order valence-corrected chi connectivity index (χ4v) is 2.01. The van der Waals surface area contributed by atoms with Gasteiger partial charge in [-0.15, -0.1) is 0 Å². The van der Waals surface area contributed by atoms with Gasteiger partial charge >= 0.3 is 0 Å². The van der Waals surface area contributed by atoms with Crippen LogP contribution in [-0.2, 0) is 0 Å². The predicted molar refractivity (Wildman–Crippen MR) is 60.5 cm³/mol. The minimum atomic E-state index is -0.00508. The first-order valence-corrected chi connectivity index (χ1v) is 5.33. The SMILES string of the molecule is Cc1ccc(C(=N)N)c(Sc2ncn[nH]2)n1. The normalized spacial score (nSPS) is 10.3. The average Bonchev–Trinajstić information content (AvgIpc) is 2.70. The van der Waals surface area contributed by atoms with Crippen molar-refractivity contribution in [1.82, 2.24) is 20.2 Å². The Hall–Kier alpha value is -1.89. The van der Waals surface area contributed by atoms with Gasteiger partial charge in [0, 0.05) is 11.3 Å². The van der Waals surface area contributed by atoms with E-state index in [-0.39, 0.29) is 5.84 Å². The predicted octanol–water partition coefficient (Wildman–Crippen LogP) is 0.943. The quantitative estimate of drug-likeness (QED) is 0.541. The Morgan fingerprint density at radius 2 is 2.31 bits per heavy atom. The van der Waals surface area contributed by atoms with E-state index in [0.29, 0.717) is 15.7 Å². The van der Waals surface area contributed by atoms with E-state index in [0.717, 1.165) is 5.69 Å². The van der Waals surface area contributed by atoms with E-state index in [4.69, 9.17) is 11.1 Å². The zero-order valence-electron chi connectivity index (χ0n) is 8.56. The summed E-state index contributed by atoms with van der Waals surface area (Å²) in [6.45, 7) is 1.88. The molecule has 2 aromatic heterocycles. The number of nitrogen functional groups attached to an aromatic ring is 1. The van der Waals surface area contributed by atoms with Crippen LogP contribution in [0.5, 0.6) is 0 Å². The molecule has 0 aliphatic heterocycles. The number of H-pyrrole nitrogens is 1. The highest BCUT2D eigenvalue weighted by Crippen LogP contribution is 2.25. The van der Waals surface area contributed by atoms with Crippen LogP contribution in [0.2, 0.25) is 0 Å². The lowest BCUT2D eigenvalue weighted by atomic mass is 10.2. The second kappa shape index (κ2) is 4.31. The molecular formula is C9H10N6S. The zero-order chi connectivity index (χ0) is 11.5. The van der Waals surface area contributed by atoms with Crippen LogP contribution >= 0.6 is 11.8 Å². The van der Waals surface area contributed by atoms with Crippen LogP contribution in [0.4, 0.5) is 0 Å². The summed E-state index contributed by atoms with van der Waals surface area (Å²) in [6.07, 6.45) is 1.42. The molecule has 0 aliphatic carbocycles. The standard InChI is InChI=1S/C9H10N6S/c1-5-2-3-6(7(10)11)8(14-5)16-9-12-4-13-15-9/h2-4H,1H3,(H3,10,11)(H,12,13,15). The van der Waals surface area contributed by atoms with Gasteiger partial charge in [0.1, 0.15) is 17.2 Å². The van der Waals surface area contributed by atoms with E-state index in [9.17, 15) is 0 Å². The molecule has 4 N–H and O–H groups in total. The van der Waals surface area contributed by atoms with Crippen molar-refractivity contribution in [2.45, 2.75) is 17.1 Å². The maximum absolute atomic E-state index is 7.45. The maximum atomic E-state index is 7.45. The first kappa shape index (κ1) is 10.6. The highest BCUT2D eigenvalue weighted by atomic mass is 32.2. The van der Waals surface area contributed by atoms with Crippen molar-refractivity contribution in [1.29, 1.82) is 5.41 Å². The Morgan fingerprint density at radius 1 is 1.50 bits per heavy atom. The van der Waals surface area contributed by atoms with Gasteiger partial charge in [0.2, 0.25) is 0 Å². The van der Waals surface area contributed by atoms with Crippen molar-refractivity contribution in [3.05, 3.63) is 29.7 Å². The van der Waals surface area contributed by atoms with Crippen LogP contribution in [0.3, 0.4) is 0 Å². The van der Waals surface area contributed by atoms with Gasteiger partial charge in [0.05, 0.1) is 0 Å². The molecule has 0 bridgehead atoms. The van der Waals surface area contributed by atoms with Crippen molar-refractivity contribution in [3.63, 3.8) is 0 Å². The largest absolute Gasteiger partial charge is 0.384 e. The van der Waals surface area contributed by atoms with Gasteiger partial charge in [-0.25, -0.2) is 9.97 Å². The molecule has 0 radical (unpaired) electrons. The van der Waals surface area contributed by atoms with E-state index in [1.54, 1.807) is 6.07 Å². The van der Waals surface area contributed by atoms with Gasteiger partial charge in [-0.1, -0.05) is 0 Å². The van der Waals surface area contributed by atoms with E-state index in [1.165, 1.54) is 18.1 Å². The number of nitrogens with two attached hydrogens (primary N) is 1. The lowest BCUT2D eigenvalue weighted by molar-refractivity contribution is 0.962. The Kier molecular flexibility index (Phi) is 2.86. The summed E-state index contributed by atoms with van der Waals surface area (Å²) in [4.78, 5) is 8.31. The number of aryl methyl sites for hydroxylation is 1. The molecule has 0 saturated heterocycles. The smallest absolute Gasteiger partial charge is 0.189 e. The van der Waals surface area contributed by atoms with Crippen molar-refractivity contribution in [3.8, 4) is 0 Å². The van der Waals surface area contributed by atoms with Crippen LogP contribution in [-0.4, -0.2) is 26.0 Å². The highest BCUT2D eigenvalue weighted by Gasteiger charge is 2.10. The molecule has 0 atom stereocenters. The maximum Gasteiger partial charge on any atom is 0.189 e. The number of nitrogens with zero attached hydrogens (tertiary/aromatic N) is 3. The molecule has 0 aliphatic rings. The lowest BCUT2D eigenvalue weighted by Crippen LogP contribution is -2.13. The van der Waals surface area contributed by atoms with Crippen molar-refractivity contribution in [2.75, 3.05) is 0 Å². The van der Waals surface area contributed by atoms with Crippen LogP contribution < -0.4 is 5.73 Å². The molecule has 2 aromatic rings. The summed E-state index contributed by atoms with van der Waals surface area (Å²) in [6, 6.07) is 3.60. The van der Waals surface area contributed by atoms with Crippen molar-refractivity contribution in [2.24, 2.45) is 5.73 Å². The summed E-state index contributed by atoms with van der Waals surface area (Å²) >= 11 is 1.30. The van der Waals surface area contributed by atoms with E-state index < -0.39 is 0 Å². The third kappa shape index (κ3) is 2.19. The Morgan fingerprint density at radius 3 is 2.94 bits per heavy atom. The van der Waals surface area contributed by atoms with Crippen LogP contribution in [0.1, 0.15) is 11.3 Å². The van der Waals surface area contributed by atoms with Crippen LogP contribution in [0.15, 0.2) is 28.6 Å². The number of amidine groups is 1. The van der Waals surface area contributed by atoms with Gasteiger partial charge in [0.25, 0.3) is 0 Å². The van der Waals surface area contributed by atoms with Crippen LogP contribution in [0.25, 0.3) is 0 Å². The van der Waals surface area contributed by atoms with E-state index >= 15 is 0 Å². The summed E-state index contributed by atoms with van der Waals surface area (Å²) in [5.41, 5.74) is 6.95. The lowest BCUT2D eigenvalue weighted by Gasteiger charge is -2.05. The summed E-state index contributed by atoms with van der Waals surface area (Å²) in [5.74, 6) is -0.00508.